The minimum Gasteiger partial charge on any atom is -0.393 e. The fourth-order valence-electron chi connectivity index (χ4n) is 2.35. The molecule has 5 heteroatoms. The Balaban J connectivity index is 1.75. The maximum Gasteiger partial charge on any atom is 0.0965 e. The first kappa shape index (κ1) is 13.5. The molecule has 2 atom stereocenters. The van der Waals surface area contributed by atoms with Crippen LogP contribution in [0.15, 0.2) is 6.20 Å². The highest BCUT2D eigenvalue weighted by Gasteiger charge is 2.22. The van der Waals surface area contributed by atoms with Crippen molar-refractivity contribution in [3.05, 3.63) is 11.9 Å². The minimum atomic E-state index is -0.0847. The van der Waals surface area contributed by atoms with Gasteiger partial charge in [0.05, 0.1) is 23.5 Å². The minimum absolute atomic E-state index is 0.0131. The second-order valence-electron chi connectivity index (χ2n) is 6.29. The van der Waals surface area contributed by atoms with Crippen LogP contribution in [0.2, 0.25) is 0 Å². The summed E-state index contributed by atoms with van der Waals surface area (Å²) in [4.78, 5) is 0. The number of aromatic nitrogens is 3. The highest BCUT2D eigenvalue weighted by atomic mass is 16.3. The Bertz CT molecular complexity index is 383. The third kappa shape index (κ3) is 3.53. The van der Waals surface area contributed by atoms with Crippen LogP contribution in [0.5, 0.6) is 0 Å². The number of aliphatic hydroxyl groups is 1. The molecule has 0 aliphatic heterocycles. The molecule has 1 aliphatic carbocycles. The summed E-state index contributed by atoms with van der Waals surface area (Å²) in [5, 5.41) is 21.2. The first-order valence-electron chi connectivity index (χ1n) is 6.75. The lowest BCUT2D eigenvalue weighted by molar-refractivity contribution is 0.177. The van der Waals surface area contributed by atoms with Gasteiger partial charge in [0.1, 0.15) is 0 Å². The quantitative estimate of drug-likeness (QED) is 0.847. The second kappa shape index (κ2) is 5.36. The number of nitrogens with one attached hydrogen (secondary N) is 1. The van der Waals surface area contributed by atoms with Crippen LogP contribution in [0.3, 0.4) is 0 Å². The summed E-state index contributed by atoms with van der Waals surface area (Å²) >= 11 is 0. The zero-order valence-electron chi connectivity index (χ0n) is 11.6. The molecule has 1 fully saturated rings. The molecule has 2 unspecified atom stereocenters. The number of hydrogen-bond donors (Lipinski definition) is 2. The SMILES string of the molecule is CC(C)(C)n1cc(CNCC2CCC(O)C2)nn1. The Morgan fingerprint density at radius 3 is 2.78 bits per heavy atom. The van der Waals surface area contributed by atoms with Gasteiger partial charge in [-0.2, -0.15) is 0 Å². The average molecular weight is 252 g/mol. The van der Waals surface area contributed by atoms with Gasteiger partial charge in [0.15, 0.2) is 0 Å². The predicted molar refractivity (Wildman–Crippen MR) is 70.1 cm³/mol. The molecule has 1 aromatic heterocycles. The van der Waals surface area contributed by atoms with E-state index in [-0.39, 0.29) is 11.6 Å². The highest BCUT2D eigenvalue weighted by Crippen LogP contribution is 2.24. The van der Waals surface area contributed by atoms with E-state index in [0.717, 1.165) is 38.0 Å². The molecule has 0 spiro atoms. The monoisotopic (exact) mass is 252 g/mol. The van der Waals surface area contributed by atoms with Crippen molar-refractivity contribution in [2.45, 2.75) is 58.2 Å². The summed E-state index contributed by atoms with van der Waals surface area (Å²) in [7, 11) is 0. The third-order valence-electron chi connectivity index (χ3n) is 3.48. The molecule has 0 aromatic carbocycles. The van der Waals surface area contributed by atoms with Gasteiger partial charge in [0.25, 0.3) is 0 Å². The number of hydrogen-bond acceptors (Lipinski definition) is 4. The third-order valence-corrected chi connectivity index (χ3v) is 3.48. The van der Waals surface area contributed by atoms with Crippen molar-refractivity contribution in [1.29, 1.82) is 0 Å². The molecule has 1 aromatic rings. The van der Waals surface area contributed by atoms with Crippen LogP contribution in [0, 0.1) is 5.92 Å². The summed E-state index contributed by atoms with van der Waals surface area (Å²) in [6.07, 6.45) is 4.92. The fourth-order valence-corrected chi connectivity index (χ4v) is 2.35. The molecule has 1 aliphatic rings. The standard InChI is InChI=1S/C13H24N4O/c1-13(2,3)17-9-11(15-16-17)8-14-7-10-4-5-12(18)6-10/h9-10,12,14,18H,4-8H2,1-3H3. The normalized spacial score (nSPS) is 24.7. The molecule has 18 heavy (non-hydrogen) atoms. The molecular weight excluding hydrogens is 228 g/mol. The largest absolute Gasteiger partial charge is 0.393 e. The number of aliphatic hydroxyl groups excluding tert-OH is 1. The Morgan fingerprint density at radius 2 is 2.22 bits per heavy atom. The Morgan fingerprint density at radius 1 is 1.44 bits per heavy atom. The zero-order valence-corrected chi connectivity index (χ0v) is 11.6. The van der Waals surface area contributed by atoms with Gasteiger partial charge in [0, 0.05) is 6.54 Å². The van der Waals surface area contributed by atoms with E-state index in [1.54, 1.807) is 0 Å². The van der Waals surface area contributed by atoms with E-state index in [9.17, 15) is 5.11 Å². The fraction of sp³-hybridized carbons (Fsp3) is 0.846. The van der Waals surface area contributed by atoms with Crippen molar-refractivity contribution < 1.29 is 5.11 Å². The van der Waals surface area contributed by atoms with Crippen LogP contribution in [0.1, 0.15) is 45.7 Å². The molecule has 5 nitrogen and oxygen atoms in total. The van der Waals surface area contributed by atoms with E-state index in [1.807, 2.05) is 10.9 Å². The molecule has 2 N–H and O–H groups in total. The van der Waals surface area contributed by atoms with Crippen LogP contribution < -0.4 is 5.32 Å². The van der Waals surface area contributed by atoms with E-state index in [0.29, 0.717) is 5.92 Å². The van der Waals surface area contributed by atoms with E-state index in [4.69, 9.17) is 0 Å². The lowest BCUT2D eigenvalue weighted by Gasteiger charge is -2.17. The lowest BCUT2D eigenvalue weighted by Crippen LogP contribution is -2.23. The zero-order chi connectivity index (χ0) is 13.2. The molecule has 2 rings (SSSR count). The van der Waals surface area contributed by atoms with E-state index in [2.05, 4.69) is 36.4 Å². The van der Waals surface area contributed by atoms with Crippen LogP contribution >= 0.6 is 0 Å². The Hall–Kier alpha value is -0.940. The Kier molecular flexibility index (Phi) is 4.02. The molecule has 0 bridgehead atoms. The van der Waals surface area contributed by atoms with Gasteiger partial charge in [-0.3, -0.25) is 0 Å². The van der Waals surface area contributed by atoms with Crippen molar-refractivity contribution in [2.75, 3.05) is 6.54 Å². The van der Waals surface area contributed by atoms with Crippen LogP contribution in [0.25, 0.3) is 0 Å². The van der Waals surface area contributed by atoms with E-state index >= 15 is 0 Å². The van der Waals surface area contributed by atoms with Gasteiger partial charge >= 0.3 is 0 Å². The summed E-state index contributed by atoms with van der Waals surface area (Å²) in [5.74, 6) is 0.609. The number of rotatable bonds is 4. The van der Waals surface area contributed by atoms with Crippen molar-refractivity contribution in [1.82, 2.24) is 20.3 Å². The predicted octanol–water partition coefficient (Wildman–Crippen LogP) is 1.28. The average Bonchev–Trinajstić information content (AvgIpc) is 2.87. The van der Waals surface area contributed by atoms with E-state index in [1.165, 1.54) is 0 Å². The highest BCUT2D eigenvalue weighted by molar-refractivity contribution is 4.94. The molecule has 102 valence electrons. The Labute approximate surface area is 109 Å². The summed E-state index contributed by atoms with van der Waals surface area (Å²) in [6, 6.07) is 0. The van der Waals surface area contributed by atoms with Crippen LogP contribution in [-0.4, -0.2) is 32.7 Å². The molecule has 0 amide bonds. The molecular formula is C13H24N4O. The summed E-state index contributed by atoms with van der Waals surface area (Å²) in [6.45, 7) is 8.04. The molecule has 1 saturated carbocycles. The maximum absolute atomic E-state index is 9.46. The van der Waals surface area contributed by atoms with Gasteiger partial charge in [-0.1, -0.05) is 5.21 Å². The smallest absolute Gasteiger partial charge is 0.0965 e. The summed E-state index contributed by atoms with van der Waals surface area (Å²) < 4.78 is 1.89. The van der Waals surface area contributed by atoms with Gasteiger partial charge in [-0.05, 0) is 52.5 Å². The van der Waals surface area contributed by atoms with Gasteiger partial charge in [-0.15, -0.1) is 5.10 Å². The van der Waals surface area contributed by atoms with Crippen molar-refractivity contribution in [2.24, 2.45) is 5.92 Å². The lowest BCUT2D eigenvalue weighted by atomic mass is 10.1. The number of nitrogens with zero attached hydrogens (tertiary/aromatic N) is 3. The molecule has 0 radical (unpaired) electrons. The van der Waals surface area contributed by atoms with Gasteiger partial charge in [-0.25, -0.2) is 4.68 Å². The maximum atomic E-state index is 9.46. The van der Waals surface area contributed by atoms with Crippen LogP contribution in [-0.2, 0) is 12.1 Å². The van der Waals surface area contributed by atoms with Gasteiger partial charge in [0.2, 0.25) is 0 Å². The van der Waals surface area contributed by atoms with Crippen molar-refractivity contribution in [3.63, 3.8) is 0 Å². The van der Waals surface area contributed by atoms with Crippen molar-refractivity contribution >= 4 is 0 Å². The van der Waals surface area contributed by atoms with Crippen molar-refractivity contribution in [3.8, 4) is 0 Å². The van der Waals surface area contributed by atoms with E-state index < -0.39 is 0 Å². The first-order valence-corrected chi connectivity index (χ1v) is 6.75. The topological polar surface area (TPSA) is 63.0 Å². The summed E-state index contributed by atoms with van der Waals surface area (Å²) in [5.41, 5.74) is 0.962. The van der Waals surface area contributed by atoms with Crippen LogP contribution in [0.4, 0.5) is 0 Å². The second-order valence-corrected chi connectivity index (χ2v) is 6.29. The molecule has 1 heterocycles. The molecule has 0 saturated heterocycles. The first-order chi connectivity index (χ1) is 8.45. The van der Waals surface area contributed by atoms with Gasteiger partial charge < -0.3 is 10.4 Å².